The molecule has 68 valence electrons. The molecule has 1 aliphatic heterocycles. The average Bonchev–Trinajstić information content (AvgIpc) is 2.87. The van der Waals surface area contributed by atoms with Gasteiger partial charge in [0.25, 0.3) is 0 Å². The highest BCUT2D eigenvalue weighted by molar-refractivity contribution is 7.80. The average molecular weight is 185 g/mol. The standard InChI is InChI=1S/C9H15NOS/c11-9(7-1-2-7)10-5-3-8(12)4-6-10/h7-8,12H,1-6H2. The van der Waals surface area contributed by atoms with Gasteiger partial charge in [-0.3, -0.25) is 4.79 Å². The van der Waals surface area contributed by atoms with Crippen LogP contribution in [0.4, 0.5) is 0 Å². The van der Waals surface area contributed by atoms with Gasteiger partial charge in [0.15, 0.2) is 0 Å². The maximum absolute atomic E-state index is 11.6. The molecule has 1 saturated carbocycles. The van der Waals surface area contributed by atoms with Crippen LogP contribution in [-0.2, 0) is 4.79 Å². The number of nitrogens with zero attached hydrogens (tertiary/aromatic N) is 1. The van der Waals surface area contributed by atoms with Crippen LogP contribution >= 0.6 is 12.6 Å². The predicted molar refractivity (Wildman–Crippen MR) is 51.3 cm³/mol. The van der Waals surface area contributed by atoms with E-state index < -0.39 is 0 Å². The molecule has 0 radical (unpaired) electrons. The van der Waals surface area contributed by atoms with Gasteiger partial charge < -0.3 is 4.90 Å². The van der Waals surface area contributed by atoms with Gasteiger partial charge in [-0.25, -0.2) is 0 Å². The predicted octanol–water partition coefficient (Wildman–Crippen LogP) is 1.32. The summed E-state index contributed by atoms with van der Waals surface area (Å²) in [6.45, 7) is 1.87. The first-order valence-corrected chi connectivity index (χ1v) is 5.26. The summed E-state index contributed by atoms with van der Waals surface area (Å²) in [7, 11) is 0. The summed E-state index contributed by atoms with van der Waals surface area (Å²) >= 11 is 4.40. The highest BCUT2D eigenvalue weighted by Gasteiger charge is 2.34. The van der Waals surface area contributed by atoms with E-state index in [1.54, 1.807) is 0 Å². The molecular formula is C9H15NOS. The Hall–Kier alpha value is -0.180. The Balaban J connectivity index is 1.84. The summed E-state index contributed by atoms with van der Waals surface area (Å²) < 4.78 is 0. The molecule has 2 rings (SSSR count). The number of carbonyl (C=O) groups excluding carboxylic acids is 1. The van der Waals surface area contributed by atoms with Crippen molar-refractivity contribution in [2.45, 2.75) is 30.9 Å². The molecule has 0 atom stereocenters. The molecule has 0 N–H and O–H groups in total. The molecule has 1 heterocycles. The number of rotatable bonds is 1. The van der Waals surface area contributed by atoms with E-state index in [0.29, 0.717) is 17.1 Å². The molecule has 1 saturated heterocycles. The van der Waals surface area contributed by atoms with E-state index in [2.05, 4.69) is 12.6 Å². The van der Waals surface area contributed by atoms with E-state index in [4.69, 9.17) is 0 Å². The molecule has 0 bridgehead atoms. The Morgan fingerprint density at radius 2 is 1.75 bits per heavy atom. The zero-order valence-corrected chi connectivity index (χ0v) is 8.09. The van der Waals surface area contributed by atoms with Gasteiger partial charge >= 0.3 is 0 Å². The number of piperidine rings is 1. The summed E-state index contributed by atoms with van der Waals surface area (Å²) in [6.07, 6.45) is 4.39. The summed E-state index contributed by atoms with van der Waals surface area (Å²) in [5.74, 6) is 0.789. The van der Waals surface area contributed by atoms with E-state index >= 15 is 0 Å². The number of thiol groups is 1. The molecule has 0 aromatic rings. The molecule has 2 aliphatic rings. The van der Waals surface area contributed by atoms with Gasteiger partial charge in [-0.1, -0.05) is 0 Å². The lowest BCUT2D eigenvalue weighted by Gasteiger charge is -2.29. The van der Waals surface area contributed by atoms with Crippen molar-refractivity contribution in [1.29, 1.82) is 0 Å². The molecular weight excluding hydrogens is 170 g/mol. The maximum atomic E-state index is 11.6. The SMILES string of the molecule is O=C(C1CC1)N1CCC(S)CC1. The molecule has 1 aliphatic carbocycles. The largest absolute Gasteiger partial charge is 0.342 e. The van der Waals surface area contributed by atoms with Gasteiger partial charge in [-0.2, -0.15) is 12.6 Å². The summed E-state index contributed by atoms with van der Waals surface area (Å²) in [5, 5.41) is 0.522. The van der Waals surface area contributed by atoms with E-state index in [1.807, 2.05) is 4.90 Å². The van der Waals surface area contributed by atoms with Gasteiger partial charge in [-0.15, -0.1) is 0 Å². The third-order valence-corrected chi connectivity index (χ3v) is 3.22. The van der Waals surface area contributed by atoms with Gasteiger partial charge in [0.2, 0.25) is 5.91 Å². The van der Waals surface area contributed by atoms with Crippen LogP contribution < -0.4 is 0 Å². The van der Waals surface area contributed by atoms with Gasteiger partial charge in [0.1, 0.15) is 0 Å². The van der Waals surface area contributed by atoms with Crippen LogP contribution in [0.15, 0.2) is 0 Å². The fraction of sp³-hybridized carbons (Fsp3) is 0.889. The van der Waals surface area contributed by atoms with Crippen LogP contribution in [0.5, 0.6) is 0 Å². The zero-order valence-electron chi connectivity index (χ0n) is 7.20. The summed E-state index contributed by atoms with van der Waals surface area (Å²) in [5.41, 5.74) is 0. The topological polar surface area (TPSA) is 20.3 Å². The number of amides is 1. The van der Waals surface area contributed by atoms with Crippen molar-refractivity contribution >= 4 is 18.5 Å². The first-order chi connectivity index (χ1) is 5.77. The fourth-order valence-electron chi connectivity index (χ4n) is 1.67. The third-order valence-electron chi connectivity index (χ3n) is 2.70. The number of hydrogen-bond donors (Lipinski definition) is 1. The minimum absolute atomic E-state index is 0.390. The monoisotopic (exact) mass is 185 g/mol. The van der Waals surface area contributed by atoms with Crippen LogP contribution in [0, 0.1) is 5.92 Å². The van der Waals surface area contributed by atoms with Crippen molar-refractivity contribution in [2.24, 2.45) is 5.92 Å². The Bertz CT molecular complexity index is 183. The maximum Gasteiger partial charge on any atom is 0.225 e. The molecule has 2 fully saturated rings. The van der Waals surface area contributed by atoms with Crippen molar-refractivity contribution in [1.82, 2.24) is 4.90 Å². The van der Waals surface area contributed by atoms with E-state index in [0.717, 1.165) is 38.8 Å². The molecule has 3 heteroatoms. The summed E-state index contributed by atoms with van der Waals surface area (Å²) in [4.78, 5) is 13.6. The first kappa shape index (κ1) is 8.42. The third kappa shape index (κ3) is 1.76. The van der Waals surface area contributed by atoms with Gasteiger partial charge in [0, 0.05) is 24.3 Å². The minimum atomic E-state index is 0.390. The fourth-order valence-corrected chi connectivity index (χ4v) is 1.91. The highest BCUT2D eigenvalue weighted by Crippen LogP contribution is 2.32. The van der Waals surface area contributed by atoms with E-state index in [1.165, 1.54) is 0 Å². The normalized spacial score (nSPS) is 25.9. The lowest BCUT2D eigenvalue weighted by atomic mass is 10.1. The van der Waals surface area contributed by atoms with Gasteiger partial charge in [-0.05, 0) is 25.7 Å². The first-order valence-electron chi connectivity index (χ1n) is 4.74. The smallest absolute Gasteiger partial charge is 0.225 e. The second-order valence-electron chi connectivity index (χ2n) is 3.83. The molecule has 0 aromatic heterocycles. The van der Waals surface area contributed by atoms with Gasteiger partial charge in [0.05, 0.1) is 0 Å². The van der Waals surface area contributed by atoms with Crippen LogP contribution in [0.25, 0.3) is 0 Å². The van der Waals surface area contributed by atoms with Crippen molar-refractivity contribution < 1.29 is 4.79 Å². The number of likely N-dealkylation sites (tertiary alicyclic amines) is 1. The van der Waals surface area contributed by atoms with Crippen molar-refractivity contribution in [3.8, 4) is 0 Å². The van der Waals surface area contributed by atoms with Crippen LogP contribution in [0.2, 0.25) is 0 Å². The lowest BCUT2D eigenvalue weighted by molar-refractivity contribution is -0.133. The highest BCUT2D eigenvalue weighted by atomic mass is 32.1. The Morgan fingerprint density at radius 3 is 2.25 bits per heavy atom. The van der Waals surface area contributed by atoms with E-state index in [9.17, 15) is 4.79 Å². The van der Waals surface area contributed by atoms with Crippen LogP contribution in [0.1, 0.15) is 25.7 Å². The quantitative estimate of drug-likeness (QED) is 0.611. The Labute approximate surface area is 78.7 Å². The zero-order chi connectivity index (χ0) is 8.55. The number of carbonyl (C=O) groups is 1. The second kappa shape index (κ2) is 3.29. The second-order valence-corrected chi connectivity index (χ2v) is 4.56. The summed E-state index contributed by atoms with van der Waals surface area (Å²) in [6, 6.07) is 0. The Morgan fingerprint density at radius 1 is 1.17 bits per heavy atom. The van der Waals surface area contributed by atoms with Crippen molar-refractivity contribution in [3.63, 3.8) is 0 Å². The van der Waals surface area contributed by atoms with Crippen molar-refractivity contribution in [2.75, 3.05) is 13.1 Å². The molecule has 0 spiro atoms. The minimum Gasteiger partial charge on any atom is -0.342 e. The Kier molecular flexibility index (Phi) is 2.31. The lowest BCUT2D eigenvalue weighted by Crippen LogP contribution is -2.39. The molecule has 0 unspecified atom stereocenters. The molecule has 12 heavy (non-hydrogen) atoms. The molecule has 1 amide bonds. The van der Waals surface area contributed by atoms with Crippen LogP contribution in [-0.4, -0.2) is 29.1 Å². The van der Waals surface area contributed by atoms with E-state index in [-0.39, 0.29) is 0 Å². The van der Waals surface area contributed by atoms with Crippen molar-refractivity contribution in [3.05, 3.63) is 0 Å². The molecule has 0 aromatic carbocycles. The number of hydrogen-bond acceptors (Lipinski definition) is 2. The van der Waals surface area contributed by atoms with Crippen LogP contribution in [0.3, 0.4) is 0 Å². The molecule has 2 nitrogen and oxygen atoms in total.